The summed E-state index contributed by atoms with van der Waals surface area (Å²) in [5.74, 6) is 1.76. The zero-order valence-electron chi connectivity index (χ0n) is 12.8. The molecule has 0 amide bonds. The van der Waals surface area contributed by atoms with Crippen molar-refractivity contribution in [2.24, 2.45) is 0 Å². The maximum atomic E-state index is 5.94. The Morgan fingerprint density at radius 3 is 2.48 bits per heavy atom. The first-order valence-electron chi connectivity index (χ1n) is 7.37. The van der Waals surface area contributed by atoms with Crippen LogP contribution in [-0.4, -0.2) is 6.54 Å². The van der Waals surface area contributed by atoms with Gasteiger partial charge in [-0.15, -0.1) is 0 Å². The van der Waals surface area contributed by atoms with E-state index in [2.05, 4.69) is 53.3 Å². The standard InChI is InChI=1S/C18H22BrNO/c1-4-11-20-14(3)15-5-8-17(9-6-15)21-18-10-7-16(19)12-13(18)2/h5-10,12,14,20H,4,11H2,1-3H3. The number of benzene rings is 2. The summed E-state index contributed by atoms with van der Waals surface area (Å²) in [5, 5.41) is 3.49. The molecule has 0 saturated heterocycles. The molecule has 21 heavy (non-hydrogen) atoms. The maximum absolute atomic E-state index is 5.94. The monoisotopic (exact) mass is 347 g/mol. The second kappa shape index (κ2) is 7.62. The molecular weight excluding hydrogens is 326 g/mol. The van der Waals surface area contributed by atoms with Crippen molar-refractivity contribution in [3.8, 4) is 11.5 Å². The fourth-order valence-corrected chi connectivity index (χ4v) is 2.63. The fraction of sp³-hybridized carbons (Fsp3) is 0.333. The van der Waals surface area contributed by atoms with E-state index in [9.17, 15) is 0 Å². The van der Waals surface area contributed by atoms with Gasteiger partial charge in [0.05, 0.1) is 0 Å². The molecule has 112 valence electrons. The van der Waals surface area contributed by atoms with Gasteiger partial charge in [-0.1, -0.05) is 35.0 Å². The van der Waals surface area contributed by atoms with Crippen molar-refractivity contribution in [2.45, 2.75) is 33.2 Å². The molecule has 0 saturated carbocycles. The minimum Gasteiger partial charge on any atom is -0.457 e. The van der Waals surface area contributed by atoms with Crippen LogP contribution < -0.4 is 10.1 Å². The molecule has 0 aliphatic rings. The number of hydrogen-bond acceptors (Lipinski definition) is 2. The highest BCUT2D eigenvalue weighted by atomic mass is 79.9. The molecule has 0 heterocycles. The molecule has 2 nitrogen and oxygen atoms in total. The largest absolute Gasteiger partial charge is 0.457 e. The first kappa shape index (κ1) is 16.1. The van der Waals surface area contributed by atoms with E-state index in [4.69, 9.17) is 4.74 Å². The maximum Gasteiger partial charge on any atom is 0.130 e. The van der Waals surface area contributed by atoms with E-state index < -0.39 is 0 Å². The first-order valence-corrected chi connectivity index (χ1v) is 8.16. The summed E-state index contributed by atoms with van der Waals surface area (Å²) in [6.45, 7) is 7.45. The molecule has 2 aromatic carbocycles. The first-order chi connectivity index (χ1) is 10.1. The molecule has 0 aliphatic heterocycles. The Hall–Kier alpha value is -1.32. The molecule has 0 aliphatic carbocycles. The Balaban J connectivity index is 2.05. The van der Waals surface area contributed by atoms with Gasteiger partial charge in [0.1, 0.15) is 11.5 Å². The van der Waals surface area contributed by atoms with Crippen molar-refractivity contribution in [2.75, 3.05) is 6.54 Å². The minimum atomic E-state index is 0.369. The summed E-state index contributed by atoms with van der Waals surface area (Å²) in [6, 6.07) is 14.7. The van der Waals surface area contributed by atoms with Crippen molar-refractivity contribution >= 4 is 15.9 Å². The summed E-state index contributed by atoms with van der Waals surface area (Å²) in [5.41, 5.74) is 2.40. The zero-order valence-corrected chi connectivity index (χ0v) is 14.4. The number of halogens is 1. The van der Waals surface area contributed by atoms with Gasteiger partial charge in [-0.05, 0) is 68.3 Å². The van der Waals surface area contributed by atoms with E-state index in [0.717, 1.165) is 34.5 Å². The molecule has 0 spiro atoms. The SMILES string of the molecule is CCCNC(C)c1ccc(Oc2ccc(Br)cc2C)cc1. The second-order valence-electron chi connectivity index (χ2n) is 5.26. The van der Waals surface area contributed by atoms with Crippen LogP contribution in [0.15, 0.2) is 46.9 Å². The lowest BCUT2D eigenvalue weighted by atomic mass is 10.1. The lowest BCUT2D eigenvalue weighted by Gasteiger charge is -2.14. The number of rotatable bonds is 6. The van der Waals surface area contributed by atoms with Crippen LogP contribution in [0.1, 0.15) is 37.4 Å². The lowest BCUT2D eigenvalue weighted by Crippen LogP contribution is -2.19. The zero-order chi connectivity index (χ0) is 15.2. The highest BCUT2D eigenvalue weighted by Gasteiger charge is 2.06. The summed E-state index contributed by atoms with van der Waals surface area (Å²) in [4.78, 5) is 0. The van der Waals surface area contributed by atoms with Gasteiger partial charge in [-0.25, -0.2) is 0 Å². The molecule has 0 bridgehead atoms. The van der Waals surface area contributed by atoms with Crippen LogP contribution in [0.5, 0.6) is 11.5 Å². The third-order valence-electron chi connectivity index (χ3n) is 3.45. The van der Waals surface area contributed by atoms with Crippen LogP contribution in [0.3, 0.4) is 0 Å². The summed E-state index contributed by atoms with van der Waals surface area (Å²) in [7, 11) is 0. The van der Waals surface area contributed by atoms with Gasteiger partial charge in [0.25, 0.3) is 0 Å². The van der Waals surface area contributed by atoms with Crippen LogP contribution in [0.4, 0.5) is 0 Å². The average molecular weight is 348 g/mol. The molecule has 0 radical (unpaired) electrons. The van der Waals surface area contributed by atoms with Crippen LogP contribution in [-0.2, 0) is 0 Å². The second-order valence-corrected chi connectivity index (χ2v) is 6.17. The lowest BCUT2D eigenvalue weighted by molar-refractivity contribution is 0.478. The van der Waals surface area contributed by atoms with Crippen molar-refractivity contribution in [3.63, 3.8) is 0 Å². The molecule has 2 aromatic rings. The van der Waals surface area contributed by atoms with Crippen LogP contribution in [0, 0.1) is 6.92 Å². The number of hydrogen-bond donors (Lipinski definition) is 1. The van der Waals surface area contributed by atoms with Crippen LogP contribution >= 0.6 is 15.9 Å². The third kappa shape index (κ3) is 4.58. The van der Waals surface area contributed by atoms with Gasteiger partial charge in [-0.2, -0.15) is 0 Å². The highest BCUT2D eigenvalue weighted by Crippen LogP contribution is 2.28. The molecule has 2 rings (SSSR count). The van der Waals surface area contributed by atoms with Gasteiger partial charge in [0.15, 0.2) is 0 Å². The number of aryl methyl sites for hydroxylation is 1. The summed E-state index contributed by atoms with van der Waals surface area (Å²) >= 11 is 3.47. The van der Waals surface area contributed by atoms with E-state index in [0.29, 0.717) is 6.04 Å². The summed E-state index contributed by atoms with van der Waals surface area (Å²) in [6.07, 6.45) is 1.15. The fourth-order valence-electron chi connectivity index (χ4n) is 2.16. The van der Waals surface area contributed by atoms with Crippen molar-refractivity contribution in [3.05, 3.63) is 58.1 Å². The van der Waals surface area contributed by atoms with Crippen LogP contribution in [0.2, 0.25) is 0 Å². The van der Waals surface area contributed by atoms with E-state index in [-0.39, 0.29) is 0 Å². The Morgan fingerprint density at radius 1 is 1.14 bits per heavy atom. The van der Waals surface area contributed by atoms with Crippen molar-refractivity contribution < 1.29 is 4.74 Å². The van der Waals surface area contributed by atoms with Gasteiger partial charge in [-0.3, -0.25) is 0 Å². The summed E-state index contributed by atoms with van der Waals surface area (Å²) < 4.78 is 7.01. The molecule has 3 heteroatoms. The highest BCUT2D eigenvalue weighted by molar-refractivity contribution is 9.10. The van der Waals surface area contributed by atoms with Gasteiger partial charge >= 0.3 is 0 Å². The molecule has 1 N–H and O–H groups in total. The minimum absolute atomic E-state index is 0.369. The Bertz CT molecular complexity index is 580. The van der Waals surface area contributed by atoms with Crippen LogP contribution in [0.25, 0.3) is 0 Å². The molecular formula is C18H22BrNO. The predicted octanol–water partition coefficient (Wildman–Crippen LogP) is 5.61. The smallest absolute Gasteiger partial charge is 0.130 e. The predicted molar refractivity (Wildman–Crippen MR) is 92.1 cm³/mol. The van der Waals surface area contributed by atoms with Crippen molar-refractivity contribution in [1.29, 1.82) is 0 Å². The topological polar surface area (TPSA) is 21.3 Å². The Kier molecular flexibility index (Phi) is 5.83. The van der Waals surface area contributed by atoms with E-state index >= 15 is 0 Å². The van der Waals surface area contributed by atoms with Gasteiger partial charge in [0.2, 0.25) is 0 Å². The number of nitrogens with one attached hydrogen (secondary N) is 1. The third-order valence-corrected chi connectivity index (χ3v) is 3.94. The molecule has 1 unspecified atom stereocenters. The quantitative estimate of drug-likeness (QED) is 0.733. The number of ether oxygens (including phenoxy) is 1. The Labute approximate surface area is 135 Å². The average Bonchev–Trinajstić information content (AvgIpc) is 2.48. The van der Waals surface area contributed by atoms with E-state index in [1.54, 1.807) is 0 Å². The van der Waals surface area contributed by atoms with Gasteiger partial charge < -0.3 is 10.1 Å². The normalized spacial score (nSPS) is 12.2. The molecule has 1 atom stereocenters. The van der Waals surface area contributed by atoms with Crippen molar-refractivity contribution in [1.82, 2.24) is 5.32 Å². The van der Waals surface area contributed by atoms with E-state index in [1.807, 2.05) is 31.2 Å². The molecule has 0 fully saturated rings. The molecule has 0 aromatic heterocycles. The van der Waals surface area contributed by atoms with E-state index in [1.165, 1.54) is 5.56 Å². The Morgan fingerprint density at radius 2 is 1.86 bits per heavy atom. The van der Waals surface area contributed by atoms with Gasteiger partial charge in [0, 0.05) is 10.5 Å².